The first-order valence-electron chi connectivity index (χ1n) is 8.96. The lowest BCUT2D eigenvalue weighted by molar-refractivity contribution is -0.146. The summed E-state index contributed by atoms with van der Waals surface area (Å²) in [5.41, 5.74) is 1.65. The molecule has 0 aliphatic carbocycles. The number of esters is 1. The highest BCUT2D eigenvalue weighted by atomic mass is 35.5. The Labute approximate surface area is 187 Å². The number of thiophene rings is 1. The molecule has 158 valence electrons. The van der Waals surface area contributed by atoms with Crippen molar-refractivity contribution in [3.8, 4) is 5.75 Å². The summed E-state index contributed by atoms with van der Waals surface area (Å²) < 4.78 is 11.4. The zero-order valence-electron chi connectivity index (χ0n) is 16.0. The molecule has 3 aromatic rings. The Kier molecular flexibility index (Phi) is 7.55. The quantitative estimate of drug-likeness (QED) is 0.489. The van der Waals surface area contributed by atoms with Crippen LogP contribution in [0.5, 0.6) is 5.75 Å². The number of halogens is 2. The van der Waals surface area contributed by atoms with Gasteiger partial charge in [0.1, 0.15) is 12.4 Å². The number of aliphatic hydroxyl groups excluding tert-OH is 1. The van der Waals surface area contributed by atoms with Crippen molar-refractivity contribution >= 4 is 56.5 Å². The lowest BCUT2D eigenvalue weighted by Crippen LogP contribution is -2.44. The van der Waals surface area contributed by atoms with Crippen molar-refractivity contribution in [3.63, 3.8) is 0 Å². The van der Waals surface area contributed by atoms with Crippen molar-refractivity contribution in [2.24, 2.45) is 0 Å². The SMILES string of the molecule is COC(=O)C(CO)NC(=O)Cc1csc2cc(OCc3ccc(Cl)cc3Cl)ccc12. The smallest absolute Gasteiger partial charge is 0.330 e. The summed E-state index contributed by atoms with van der Waals surface area (Å²) in [6.45, 7) is -0.223. The van der Waals surface area contributed by atoms with Crippen LogP contribution in [0.3, 0.4) is 0 Å². The lowest BCUT2D eigenvalue weighted by Gasteiger charge is -2.13. The van der Waals surface area contributed by atoms with Crippen molar-refractivity contribution in [2.75, 3.05) is 13.7 Å². The van der Waals surface area contributed by atoms with E-state index in [-0.39, 0.29) is 12.3 Å². The second-order valence-corrected chi connectivity index (χ2v) is 8.20. The number of hydrogen-bond donors (Lipinski definition) is 2. The van der Waals surface area contributed by atoms with E-state index in [9.17, 15) is 14.7 Å². The Hall–Kier alpha value is -2.32. The van der Waals surface area contributed by atoms with Gasteiger partial charge in [0.05, 0.1) is 20.1 Å². The van der Waals surface area contributed by atoms with E-state index < -0.39 is 18.6 Å². The fourth-order valence-electron chi connectivity index (χ4n) is 2.83. The Morgan fingerprint density at radius 3 is 2.67 bits per heavy atom. The van der Waals surface area contributed by atoms with E-state index in [1.807, 2.05) is 29.6 Å². The van der Waals surface area contributed by atoms with Crippen molar-refractivity contribution in [1.29, 1.82) is 0 Å². The molecule has 1 amide bonds. The van der Waals surface area contributed by atoms with E-state index >= 15 is 0 Å². The number of carbonyl (C=O) groups excluding carboxylic acids is 2. The predicted molar refractivity (Wildman–Crippen MR) is 117 cm³/mol. The molecule has 0 fully saturated rings. The molecule has 0 saturated heterocycles. The van der Waals surface area contributed by atoms with E-state index in [0.717, 1.165) is 21.2 Å². The molecule has 0 bridgehead atoms. The Bertz CT molecular complexity index is 1070. The van der Waals surface area contributed by atoms with Crippen LogP contribution in [0.2, 0.25) is 10.0 Å². The molecular formula is C21H19Cl2NO5S. The Balaban J connectivity index is 1.66. The van der Waals surface area contributed by atoms with Crippen LogP contribution in [0.4, 0.5) is 0 Å². The van der Waals surface area contributed by atoms with Gasteiger partial charge in [0, 0.05) is 20.3 Å². The molecule has 6 nitrogen and oxygen atoms in total. The minimum absolute atomic E-state index is 0.0775. The summed E-state index contributed by atoms with van der Waals surface area (Å²) in [6, 6.07) is 9.78. The van der Waals surface area contributed by atoms with Gasteiger partial charge in [-0.25, -0.2) is 4.79 Å². The summed E-state index contributed by atoms with van der Waals surface area (Å²) in [6.07, 6.45) is 0.0775. The molecule has 0 aliphatic rings. The van der Waals surface area contributed by atoms with E-state index in [1.165, 1.54) is 18.4 Å². The van der Waals surface area contributed by atoms with Crippen LogP contribution >= 0.6 is 34.5 Å². The number of carbonyl (C=O) groups is 2. The topological polar surface area (TPSA) is 84.9 Å². The third kappa shape index (κ3) is 5.43. The maximum atomic E-state index is 12.3. The molecule has 3 rings (SSSR count). The van der Waals surface area contributed by atoms with Gasteiger partial charge in [-0.15, -0.1) is 11.3 Å². The molecule has 9 heteroatoms. The van der Waals surface area contributed by atoms with E-state index in [0.29, 0.717) is 22.4 Å². The van der Waals surface area contributed by atoms with Crippen molar-refractivity contribution in [1.82, 2.24) is 5.32 Å². The van der Waals surface area contributed by atoms with Crippen molar-refractivity contribution in [2.45, 2.75) is 19.1 Å². The summed E-state index contributed by atoms with van der Waals surface area (Å²) >= 11 is 13.6. The molecule has 1 aromatic heterocycles. The average Bonchev–Trinajstić information content (AvgIpc) is 3.12. The van der Waals surface area contributed by atoms with Gasteiger partial charge in [0.25, 0.3) is 0 Å². The first kappa shape index (κ1) is 22.4. The number of aliphatic hydroxyl groups is 1. The maximum absolute atomic E-state index is 12.3. The largest absolute Gasteiger partial charge is 0.489 e. The van der Waals surface area contributed by atoms with Crippen LogP contribution in [0, 0.1) is 0 Å². The number of methoxy groups -OCH3 is 1. The zero-order chi connectivity index (χ0) is 21.7. The van der Waals surface area contributed by atoms with Gasteiger partial charge in [-0.3, -0.25) is 4.79 Å². The average molecular weight is 468 g/mol. The number of rotatable bonds is 8. The van der Waals surface area contributed by atoms with Crippen molar-refractivity contribution < 1.29 is 24.2 Å². The first-order valence-corrected chi connectivity index (χ1v) is 10.6. The zero-order valence-corrected chi connectivity index (χ0v) is 18.3. The number of amides is 1. The van der Waals surface area contributed by atoms with Crippen LogP contribution in [0.25, 0.3) is 10.1 Å². The lowest BCUT2D eigenvalue weighted by atomic mass is 10.1. The van der Waals surface area contributed by atoms with Crippen LogP contribution in [0.1, 0.15) is 11.1 Å². The molecule has 0 saturated carbocycles. The van der Waals surface area contributed by atoms with Crippen LogP contribution in [-0.4, -0.2) is 36.7 Å². The van der Waals surface area contributed by atoms with Gasteiger partial charge in [-0.05, 0) is 46.7 Å². The number of ether oxygens (including phenoxy) is 2. The van der Waals surface area contributed by atoms with Gasteiger partial charge >= 0.3 is 5.97 Å². The van der Waals surface area contributed by atoms with Gasteiger partial charge in [-0.2, -0.15) is 0 Å². The standard InChI is InChI=1S/C21H19Cl2NO5S/c1-28-21(27)18(9-25)24-20(26)6-13-11-30-19-8-15(4-5-16(13)19)29-10-12-2-3-14(22)7-17(12)23/h2-5,7-8,11,18,25H,6,9-10H2,1H3,(H,24,26). The van der Waals surface area contributed by atoms with Gasteiger partial charge < -0.3 is 19.9 Å². The summed E-state index contributed by atoms with van der Waals surface area (Å²) in [4.78, 5) is 23.8. The summed E-state index contributed by atoms with van der Waals surface area (Å²) in [5.74, 6) is -0.391. The van der Waals surface area contributed by atoms with E-state index in [4.69, 9.17) is 27.9 Å². The predicted octanol–water partition coefficient (Wildman–Crippen LogP) is 3.98. The molecule has 2 aromatic carbocycles. The van der Waals surface area contributed by atoms with E-state index in [1.54, 1.807) is 12.1 Å². The summed E-state index contributed by atoms with van der Waals surface area (Å²) in [5, 5.41) is 15.6. The molecule has 30 heavy (non-hydrogen) atoms. The summed E-state index contributed by atoms with van der Waals surface area (Å²) in [7, 11) is 1.20. The highest BCUT2D eigenvalue weighted by Crippen LogP contribution is 2.31. The van der Waals surface area contributed by atoms with E-state index in [2.05, 4.69) is 10.1 Å². The number of hydrogen-bond acceptors (Lipinski definition) is 6. The third-order valence-corrected chi connectivity index (χ3v) is 5.97. The van der Waals surface area contributed by atoms with Gasteiger partial charge in [0.2, 0.25) is 5.91 Å². The molecule has 1 heterocycles. The molecule has 2 N–H and O–H groups in total. The number of fused-ring (bicyclic) bond motifs is 1. The second kappa shape index (κ2) is 10.1. The normalized spacial score (nSPS) is 11.9. The highest BCUT2D eigenvalue weighted by Gasteiger charge is 2.21. The maximum Gasteiger partial charge on any atom is 0.330 e. The molecular weight excluding hydrogens is 449 g/mol. The molecule has 0 aliphatic heterocycles. The Morgan fingerprint density at radius 2 is 1.97 bits per heavy atom. The van der Waals surface area contributed by atoms with Gasteiger partial charge in [0.15, 0.2) is 6.04 Å². The fraction of sp³-hybridized carbons (Fsp3) is 0.238. The highest BCUT2D eigenvalue weighted by molar-refractivity contribution is 7.17. The molecule has 1 atom stereocenters. The Morgan fingerprint density at radius 1 is 1.17 bits per heavy atom. The monoisotopic (exact) mass is 467 g/mol. The fourth-order valence-corrected chi connectivity index (χ4v) is 4.28. The minimum Gasteiger partial charge on any atom is -0.489 e. The van der Waals surface area contributed by atoms with Crippen molar-refractivity contribution in [3.05, 3.63) is 63.0 Å². The third-order valence-electron chi connectivity index (χ3n) is 4.39. The van der Waals surface area contributed by atoms with Crippen LogP contribution < -0.4 is 10.1 Å². The number of benzene rings is 2. The molecule has 0 spiro atoms. The second-order valence-electron chi connectivity index (χ2n) is 6.45. The van der Waals surface area contributed by atoms with Gasteiger partial charge in [-0.1, -0.05) is 29.3 Å². The van der Waals surface area contributed by atoms with Crippen LogP contribution in [0.15, 0.2) is 41.8 Å². The van der Waals surface area contributed by atoms with Crippen LogP contribution in [-0.2, 0) is 27.4 Å². The first-order chi connectivity index (χ1) is 14.4. The molecule has 1 unspecified atom stereocenters. The number of nitrogens with one attached hydrogen (secondary N) is 1. The molecule has 0 radical (unpaired) electrons. The minimum atomic E-state index is -1.08.